The van der Waals surface area contributed by atoms with E-state index in [1.807, 2.05) is 38.1 Å². The van der Waals surface area contributed by atoms with Gasteiger partial charge in [0.25, 0.3) is 0 Å². The molecule has 1 rings (SSSR count). The molecule has 0 amide bonds. The third kappa shape index (κ3) is 3.14. The molecule has 0 heterocycles. The maximum Gasteiger partial charge on any atom is 0.151 e. The van der Waals surface area contributed by atoms with E-state index in [0.29, 0.717) is 6.61 Å². The van der Waals surface area contributed by atoms with Gasteiger partial charge in [-0.15, -0.1) is 0 Å². The van der Waals surface area contributed by atoms with Crippen LogP contribution < -0.4 is 10.1 Å². The number of rotatable bonds is 6. The molecule has 0 saturated heterocycles. The molecule has 0 aromatic heterocycles. The molecule has 98 valence electrons. The highest BCUT2D eigenvalue weighted by molar-refractivity contribution is 5.52. The van der Waals surface area contributed by atoms with E-state index in [4.69, 9.17) is 9.47 Å². The van der Waals surface area contributed by atoms with Crippen LogP contribution in [0.2, 0.25) is 0 Å². The van der Waals surface area contributed by atoms with Crippen LogP contribution in [0, 0.1) is 17.2 Å². The predicted octanol–water partition coefficient (Wildman–Crippen LogP) is 2.67. The number of hydrogen-bond acceptors (Lipinski definition) is 4. The number of hydrogen-bond donors (Lipinski definition) is 1. The van der Waals surface area contributed by atoms with Crippen molar-refractivity contribution < 1.29 is 9.47 Å². The lowest BCUT2D eigenvalue weighted by Crippen LogP contribution is -2.46. The van der Waals surface area contributed by atoms with Gasteiger partial charge < -0.3 is 14.8 Å². The van der Waals surface area contributed by atoms with Crippen molar-refractivity contribution in [2.45, 2.75) is 19.4 Å². The monoisotopic (exact) mass is 248 g/mol. The molecule has 0 fully saturated rings. The van der Waals surface area contributed by atoms with Gasteiger partial charge in [-0.05, 0) is 18.1 Å². The highest BCUT2D eigenvalue weighted by atomic mass is 16.5. The second-order valence-electron chi connectivity index (χ2n) is 4.53. The number of nitrogens with one attached hydrogen (secondary N) is 1. The van der Waals surface area contributed by atoms with Crippen LogP contribution in [0.4, 0.5) is 5.69 Å². The fourth-order valence-electron chi connectivity index (χ4n) is 1.72. The predicted molar refractivity (Wildman–Crippen MR) is 71.7 cm³/mol. The molecule has 1 N–H and O–H groups in total. The third-order valence-electron chi connectivity index (χ3n) is 2.99. The van der Waals surface area contributed by atoms with Gasteiger partial charge in [-0.25, -0.2) is 0 Å². The highest BCUT2D eigenvalue weighted by Crippen LogP contribution is 2.25. The molecule has 4 heteroatoms. The van der Waals surface area contributed by atoms with Crippen molar-refractivity contribution in [1.29, 1.82) is 5.26 Å². The van der Waals surface area contributed by atoms with E-state index in [1.54, 1.807) is 14.2 Å². The Morgan fingerprint density at radius 1 is 1.39 bits per heavy atom. The Morgan fingerprint density at radius 2 is 2.11 bits per heavy atom. The van der Waals surface area contributed by atoms with Crippen molar-refractivity contribution in [3.63, 3.8) is 0 Å². The molecule has 1 atom stereocenters. The van der Waals surface area contributed by atoms with Crippen LogP contribution in [0.3, 0.4) is 0 Å². The van der Waals surface area contributed by atoms with Gasteiger partial charge in [-0.2, -0.15) is 5.26 Å². The lowest BCUT2D eigenvalue weighted by atomic mass is 9.88. The van der Waals surface area contributed by atoms with Crippen molar-refractivity contribution in [3.8, 4) is 11.8 Å². The zero-order valence-electron chi connectivity index (χ0n) is 11.4. The fraction of sp³-hybridized carbons (Fsp3) is 0.500. The summed E-state index contributed by atoms with van der Waals surface area (Å²) >= 11 is 0. The van der Waals surface area contributed by atoms with Crippen LogP contribution in [0.5, 0.6) is 5.75 Å². The van der Waals surface area contributed by atoms with Gasteiger partial charge in [0, 0.05) is 18.9 Å². The van der Waals surface area contributed by atoms with Crippen LogP contribution in [0.15, 0.2) is 24.3 Å². The number of anilines is 1. The molecule has 0 aliphatic carbocycles. The van der Waals surface area contributed by atoms with Crippen LogP contribution in [-0.2, 0) is 4.74 Å². The minimum absolute atomic E-state index is 0.119. The fourth-order valence-corrected chi connectivity index (χ4v) is 1.72. The number of benzene rings is 1. The number of methoxy groups -OCH3 is 2. The van der Waals surface area contributed by atoms with Gasteiger partial charge in [0.2, 0.25) is 0 Å². The van der Waals surface area contributed by atoms with Crippen molar-refractivity contribution in [2.24, 2.45) is 5.92 Å². The van der Waals surface area contributed by atoms with Gasteiger partial charge in [0.15, 0.2) is 5.54 Å². The number of nitriles is 1. The first kappa shape index (κ1) is 14.3. The largest absolute Gasteiger partial charge is 0.497 e. The Balaban J connectivity index is 2.99. The quantitative estimate of drug-likeness (QED) is 0.841. The van der Waals surface area contributed by atoms with Crippen LogP contribution in [-0.4, -0.2) is 26.4 Å². The second kappa shape index (κ2) is 6.27. The van der Waals surface area contributed by atoms with E-state index in [2.05, 4.69) is 11.4 Å². The van der Waals surface area contributed by atoms with E-state index in [1.165, 1.54) is 0 Å². The first-order valence-corrected chi connectivity index (χ1v) is 5.90. The normalized spacial score (nSPS) is 13.8. The Bertz CT molecular complexity index is 426. The molecule has 0 saturated carbocycles. The Labute approximate surface area is 109 Å². The summed E-state index contributed by atoms with van der Waals surface area (Å²) in [4.78, 5) is 0. The molecule has 18 heavy (non-hydrogen) atoms. The maximum atomic E-state index is 9.44. The van der Waals surface area contributed by atoms with Crippen molar-refractivity contribution in [2.75, 3.05) is 26.1 Å². The average Bonchev–Trinajstić information content (AvgIpc) is 2.38. The lowest BCUT2D eigenvalue weighted by Gasteiger charge is -2.32. The number of nitrogens with zero attached hydrogens (tertiary/aromatic N) is 1. The van der Waals surface area contributed by atoms with Gasteiger partial charge >= 0.3 is 0 Å². The molecule has 0 aliphatic rings. The molecule has 4 nitrogen and oxygen atoms in total. The summed E-state index contributed by atoms with van der Waals surface area (Å²) in [5, 5.41) is 12.7. The SMILES string of the molecule is COCC(C#N)(Nc1cccc(OC)c1)C(C)C. The molecule has 1 unspecified atom stereocenters. The van der Waals surface area contributed by atoms with E-state index in [9.17, 15) is 5.26 Å². The summed E-state index contributed by atoms with van der Waals surface area (Å²) in [6.07, 6.45) is 0. The van der Waals surface area contributed by atoms with Crippen molar-refractivity contribution in [1.82, 2.24) is 0 Å². The molecular formula is C14H20N2O2. The minimum Gasteiger partial charge on any atom is -0.497 e. The zero-order valence-corrected chi connectivity index (χ0v) is 11.4. The van der Waals surface area contributed by atoms with Crippen LogP contribution >= 0.6 is 0 Å². The zero-order chi connectivity index (χ0) is 13.6. The van der Waals surface area contributed by atoms with Gasteiger partial charge in [-0.1, -0.05) is 19.9 Å². The average molecular weight is 248 g/mol. The Hall–Kier alpha value is -1.73. The van der Waals surface area contributed by atoms with Crippen LogP contribution in [0.25, 0.3) is 0 Å². The molecule has 0 bridgehead atoms. The lowest BCUT2D eigenvalue weighted by molar-refractivity contribution is 0.144. The number of ether oxygens (including phenoxy) is 2. The molecule has 0 aliphatic heterocycles. The van der Waals surface area contributed by atoms with Gasteiger partial charge in [0.1, 0.15) is 5.75 Å². The summed E-state index contributed by atoms with van der Waals surface area (Å²) in [5.74, 6) is 0.877. The highest BCUT2D eigenvalue weighted by Gasteiger charge is 2.34. The Kier molecular flexibility index (Phi) is 4.99. The summed E-state index contributed by atoms with van der Waals surface area (Å²) < 4.78 is 10.3. The van der Waals surface area contributed by atoms with E-state index in [0.717, 1.165) is 11.4 Å². The topological polar surface area (TPSA) is 54.3 Å². The smallest absolute Gasteiger partial charge is 0.151 e. The third-order valence-corrected chi connectivity index (χ3v) is 2.99. The van der Waals surface area contributed by atoms with Crippen LogP contribution in [0.1, 0.15) is 13.8 Å². The molecule has 1 aromatic carbocycles. The first-order valence-electron chi connectivity index (χ1n) is 5.90. The summed E-state index contributed by atoms with van der Waals surface area (Å²) in [6.45, 7) is 4.32. The molecule has 1 aromatic rings. The van der Waals surface area contributed by atoms with Gasteiger partial charge in [-0.3, -0.25) is 0 Å². The maximum absolute atomic E-state index is 9.44. The van der Waals surface area contributed by atoms with Crippen molar-refractivity contribution >= 4 is 5.69 Å². The molecule has 0 spiro atoms. The van der Waals surface area contributed by atoms with E-state index in [-0.39, 0.29) is 5.92 Å². The molecular weight excluding hydrogens is 228 g/mol. The van der Waals surface area contributed by atoms with Crippen molar-refractivity contribution in [3.05, 3.63) is 24.3 Å². The second-order valence-corrected chi connectivity index (χ2v) is 4.53. The van der Waals surface area contributed by atoms with E-state index < -0.39 is 5.54 Å². The standard InChI is InChI=1S/C14H20N2O2/c1-11(2)14(9-15,10-17-3)16-12-6-5-7-13(8-12)18-4/h5-8,11,16H,10H2,1-4H3. The summed E-state index contributed by atoms with van der Waals surface area (Å²) in [5.41, 5.74) is 0.114. The van der Waals surface area contributed by atoms with E-state index >= 15 is 0 Å². The Morgan fingerprint density at radius 3 is 2.61 bits per heavy atom. The minimum atomic E-state index is -0.735. The van der Waals surface area contributed by atoms with Gasteiger partial charge in [0.05, 0.1) is 19.8 Å². The summed E-state index contributed by atoms with van der Waals surface area (Å²) in [7, 11) is 3.22. The first-order chi connectivity index (χ1) is 8.57. The summed E-state index contributed by atoms with van der Waals surface area (Å²) in [6, 6.07) is 9.85. The molecule has 0 radical (unpaired) electrons.